The maximum Gasteiger partial charge on any atom is 0.308 e. The van der Waals surface area contributed by atoms with Crippen LogP contribution in [0.25, 0.3) is 0 Å². The van der Waals surface area contributed by atoms with Gasteiger partial charge in [-0.1, -0.05) is 30.1 Å². The average Bonchev–Trinajstić information content (AvgIpc) is 2.84. The second-order valence-corrected chi connectivity index (χ2v) is 6.48. The Morgan fingerprint density at radius 2 is 2.00 bits per heavy atom. The lowest BCUT2D eigenvalue weighted by molar-refractivity contribution is -0.142. The number of anilines is 1. The third kappa shape index (κ3) is 3.72. The molecule has 0 spiro atoms. The molecule has 0 saturated carbocycles. The van der Waals surface area contributed by atoms with Crippen molar-refractivity contribution in [1.82, 2.24) is 4.90 Å². The number of nitrogens with one attached hydrogen (secondary N) is 1. The third-order valence-electron chi connectivity index (χ3n) is 4.07. The van der Waals surface area contributed by atoms with E-state index in [1.165, 1.54) is 0 Å². The highest BCUT2D eigenvalue weighted by atomic mass is 35.5. The number of hydrogen-bond acceptors (Lipinski definition) is 3. The number of carbonyl (C=O) groups is 2. The van der Waals surface area contributed by atoms with E-state index in [2.05, 4.69) is 5.32 Å². The quantitative estimate of drug-likeness (QED) is 0.880. The van der Waals surface area contributed by atoms with Crippen molar-refractivity contribution in [3.8, 4) is 0 Å². The second kappa shape index (κ2) is 6.86. The van der Waals surface area contributed by atoms with Crippen LogP contribution in [0, 0.1) is 11.8 Å². The van der Waals surface area contributed by atoms with E-state index in [1.54, 1.807) is 25.1 Å². The standard InChI is InChI=1S/C15H18Cl2N2O3/c1-8-6-19(7-11(8)15(21)22)9(2)14(20)18-10-3-4-12(16)13(17)5-10/h3-5,8-9,11H,6-7H2,1-2H3,(H,18,20)(H,21,22)/t8-,9?,11-/m1/s1. The second-order valence-electron chi connectivity index (χ2n) is 5.67. The highest BCUT2D eigenvalue weighted by molar-refractivity contribution is 6.42. The Labute approximate surface area is 139 Å². The summed E-state index contributed by atoms with van der Waals surface area (Å²) in [5.74, 6) is -1.42. The maximum absolute atomic E-state index is 12.3. The summed E-state index contributed by atoms with van der Waals surface area (Å²) in [4.78, 5) is 25.3. The summed E-state index contributed by atoms with van der Waals surface area (Å²) >= 11 is 11.8. The minimum Gasteiger partial charge on any atom is -0.481 e. The first kappa shape index (κ1) is 17.1. The molecule has 1 unspecified atom stereocenters. The van der Waals surface area contributed by atoms with Gasteiger partial charge in [0.1, 0.15) is 0 Å². The smallest absolute Gasteiger partial charge is 0.308 e. The van der Waals surface area contributed by atoms with Crippen molar-refractivity contribution in [2.75, 3.05) is 18.4 Å². The van der Waals surface area contributed by atoms with Gasteiger partial charge in [0.15, 0.2) is 0 Å². The molecule has 22 heavy (non-hydrogen) atoms. The van der Waals surface area contributed by atoms with E-state index in [1.807, 2.05) is 11.8 Å². The van der Waals surface area contributed by atoms with Gasteiger partial charge in [-0.3, -0.25) is 14.5 Å². The van der Waals surface area contributed by atoms with Gasteiger partial charge < -0.3 is 10.4 Å². The molecule has 5 nitrogen and oxygen atoms in total. The number of amides is 1. The molecule has 1 amide bonds. The van der Waals surface area contributed by atoms with Gasteiger partial charge in [-0.15, -0.1) is 0 Å². The molecule has 1 aliphatic rings. The summed E-state index contributed by atoms with van der Waals surface area (Å²) in [7, 11) is 0. The summed E-state index contributed by atoms with van der Waals surface area (Å²) in [6.07, 6.45) is 0. The Morgan fingerprint density at radius 1 is 1.32 bits per heavy atom. The molecule has 0 aliphatic carbocycles. The van der Waals surface area contributed by atoms with Crippen LogP contribution in [0.3, 0.4) is 0 Å². The van der Waals surface area contributed by atoms with E-state index >= 15 is 0 Å². The number of aliphatic carboxylic acids is 1. The highest BCUT2D eigenvalue weighted by Gasteiger charge is 2.38. The van der Waals surface area contributed by atoms with Gasteiger partial charge in [-0.2, -0.15) is 0 Å². The van der Waals surface area contributed by atoms with Crippen LogP contribution in [-0.4, -0.2) is 41.0 Å². The van der Waals surface area contributed by atoms with Gasteiger partial charge >= 0.3 is 5.97 Å². The van der Waals surface area contributed by atoms with E-state index in [9.17, 15) is 9.59 Å². The van der Waals surface area contributed by atoms with Gasteiger partial charge in [0.2, 0.25) is 5.91 Å². The molecule has 2 N–H and O–H groups in total. The molecule has 1 heterocycles. The van der Waals surface area contributed by atoms with E-state index < -0.39 is 17.9 Å². The lowest BCUT2D eigenvalue weighted by atomic mass is 9.99. The van der Waals surface area contributed by atoms with Crippen molar-refractivity contribution in [1.29, 1.82) is 0 Å². The van der Waals surface area contributed by atoms with Crippen LogP contribution < -0.4 is 5.32 Å². The van der Waals surface area contributed by atoms with Crippen LogP contribution in [-0.2, 0) is 9.59 Å². The molecule has 0 bridgehead atoms. The average molecular weight is 345 g/mol. The number of likely N-dealkylation sites (tertiary alicyclic amines) is 1. The van der Waals surface area contributed by atoms with Crippen LogP contribution in [0.2, 0.25) is 10.0 Å². The number of hydrogen-bond donors (Lipinski definition) is 2. The van der Waals surface area contributed by atoms with E-state index in [0.717, 1.165) is 0 Å². The Bertz CT molecular complexity index is 594. The molecule has 1 fully saturated rings. The van der Waals surface area contributed by atoms with Gasteiger partial charge in [-0.25, -0.2) is 0 Å². The van der Waals surface area contributed by atoms with Crippen LogP contribution in [0.5, 0.6) is 0 Å². The summed E-state index contributed by atoms with van der Waals surface area (Å²) in [5.41, 5.74) is 0.563. The molecular formula is C15H18Cl2N2O3. The number of halogens is 2. The summed E-state index contributed by atoms with van der Waals surface area (Å²) in [6, 6.07) is 4.45. The van der Waals surface area contributed by atoms with Crippen molar-refractivity contribution >= 4 is 40.8 Å². The van der Waals surface area contributed by atoms with Crippen LogP contribution >= 0.6 is 23.2 Å². The Balaban J connectivity index is 2.00. The Morgan fingerprint density at radius 3 is 2.55 bits per heavy atom. The summed E-state index contributed by atoms with van der Waals surface area (Å²) < 4.78 is 0. The van der Waals surface area contributed by atoms with Crippen molar-refractivity contribution in [3.05, 3.63) is 28.2 Å². The molecule has 1 aromatic carbocycles. The Kier molecular flexibility index (Phi) is 5.32. The number of benzene rings is 1. The SMILES string of the molecule is CC(C(=O)Nc1ccc(Cl)c(Cl)c1)N1C[C@@H](C)[C@H](C(=O)O)C1. The molecular weight excluding hydrogens is 327 g/mol. The first-order valence-corrected chi connectivity index (χ1v) is 7.78. The van der Waals surface area contributed by atoms with Crippen LogP contribution in [0.15, 0.2) is 18.2 Å². The molecule has 0 radical (unpaired) electrons. The summed E-state index contributed by atoms with van der Waals surface area (Å²) in [6.45, 7) is 4.63. The fourth-order valence-corrected chi connectivity index (χ4v) is 2.93. The molecule has 1 aromatic rings. The zero-order chi connectivity index (χ0) is 16.4. The molecule has 7 heteroatoms. The fraction of sp³-hybridized carbons (Fsp3) is 0.467. The van der Waals surface area contributed by atoms with E-state index in [0.29, 0.717) is 28.8 Å². The number of carboxylic acid groups (broad SMARTS) is 1. The van der Waals surface area contributed by atoms with Gasteiger partial charge in [0, 0.05) is 18.8 Å². The lowest BCUT2D eigenvalue weighted by Crippen LogP contribution is -2.41. The molecule has 0 aromatic heterocycles. The van der Waals surface area contributed by atoms with Crippen molar-refractivity contribution < 1.29 is 14.7 Å². The largest absolute Gasteiger partial charge is 0.481 e. The molecule has 1 aliphatic heterocycles. The predicted molar refractivity (Wildman–Crippen MR) is 86.4 cm³/mol. The maximum atomic E-state index is 12.3. The van der Waals surface area contributed by atoms with Gasteiger partial charge in [0.25, 0.3) is 0 Å². The number of carboxylic acids is 1. The first-order chi connectivity index (χ1) is 10.3. The van der Waals surface area contributed by atoms with Crippen LogP contribution in [0.1, 0.15) is 13.8 Å². The van der Waals surface area contributed by atoms with Gasteiger partial charge in [-0.05, 0) is 31.0 Å². The molecule has 3 atom stereocenters. The first-order valence-electron chi connectivity index (χ1n) is 7.02. The minimum atomic E-state index is -0.813. The van der Waals surface area contributed by atoms with Crippen molar-refractivity contribution in [3.63, 3.8) is 0 Å². The highest BCUT2D eigenvalue weighted by Crippen LogP contribution is 2.27. The summed E-state index contributed by atoms with van der Waals surface area (Å²) in [5, 5.41) is 12.7. The predicted octanol–water partition coefficient (Wildman–Crippen LogP) is 2.97. The van der Waals surface area contributed by atoms with E-state index in [-0.39, 0.29) is 11.8 Å². The molecule has 1 saturated heterocycles. The fourth-order valence-electron chi connectivity index (χ4n) is 2.63. The minimum absolute atomic E-state index is 0.0257. The lowest BCUT2D eigenvalue weighted by Gasteiger charge is -2.23. The topological polar surface area (TPSA) is 69.6 Å². The molecule has 2 rings (SSSR count). The van der Waals surface area contributed by atoms with E-state index in [4.69, 9.17) is 28.3 Å². The normalized spacial score (nSPS) is 23.3. The number of nitrogens with zero attached hydrogens (tertiary/aromatic N) is 1. The monoisotopic (exact) mass is 344 g/mol. The third-order valence-corrected chi connectivity index (χ3v) is 4.81. The van der Waals surface area contributed by atoms with Crippen LogP contribution in [0.4, 0.5) is 5.69 Å². The number of carbonyl (C=O) groups excluding carboxylic acids is 1. The molecule has 120 valence electrons. The Hall–Kier alpha value is -1.30. The zero-order valence-electron chi connectivity index (χ0n) is 12.3. The van der Waals surface area contributed by atoms with Crippen molar-refractivity contribution in [2.24, 2.45) is 11.8 Å². The van der Waals surface area contributed by atoms with Gasteiger partial charge in [0.05, 0.1) is 22.0 Å². The zero-order valence-corrected chi connectivity index (χ0v) is 13.9. The number of rotatable bonds is 4. The van der Waals surface area contributed by atoms with Crippen molar-refractivity contribution in [2.45, 2.75) is 19.9 Å².